The van der Waals surface area contributed by atoms with Crippen molar-refractivity contribution in [2.45, 2.75) is 25.0 Å². The molecule has 0 aromatic heterocycles. The first-order valence-electron chi connectivity index (χ1n) is 6.89. The molecule has 2 fully saturated rings. The normalized spacial score (nSPS) is 25.9. The van der Waals surface area contributed by atoms with E-state index < -0.39 is 0 Å². The number of amides is 1. The molecule has 0 saturated carbocycles. The monoisotopic (exact) mass is 293 g/mol. The summed E-state index contributed by atoms with van der Waals surface area (Å²) in [6.07, 6.45) is 1.89. The van der Waals surface area contributed by atoms with Crippen molar-refractivity contribution in [1.29, 1.82) is 0 Å². The van der Waals surface area contributed by atoms with Crippen molar-refractivity contribution >= 4 is 18.2 Å². The van der Waals surface area contributed by atoms with Gasteiger partial charge in [-0.25, -0.2) is 14.2 Å². The topological polar surface area (TPSA) is 53.6 Å². The average molecular weight is 293 g/mol. The Kier molecular flexibility index (Phi) is 4.14. The highest BCUT2D eigenvalue weighted by atomic mass is 32.2. The van der Waals surface area contributed by atoms with Crippen LogP contribution in [0.4, 0.5) is 4.79 Å². The van der Waals surface area contributed by atoms with Crippen LogP contribution in [0.25, 0.3) is 0 Å². The molecule has 1 unspecified atom stereocenters. The van der Waals surface area contributed by atoms with Gasteiger partial charge in [-0.1, -0.05) is 30.3 Å². The molecule has 0 radical (unpaired) electrons. The summed E-state index contributed by atoms with van der Waals surface area (Å²) >= 11 is 1.52. The van der Waals surface area contributed by atoms with Crippen molar-refractivity contribution in [1.82, 2.24) is 14.3 Å². The van der Waals surface area contributed by atoms with Gasteiger partial charge in [0.15, 0.2) is 0 Å². The van der Waals surface area contributed by atoms with E-state index in [2.05, 4.69) is 9.44 Å². The molecule has 1 amide bonds. The molecule has 2 heterocycles. The van der Waals surface area contributed by atoms with Crippen LogP contribution in [0.3, 0.4) is 0 Å². The first-order valence-corrected chi connectivity index (χ1v) is 7.71. The molecule has 1 spiro atoms. The second-order valence-electron chi connectivity index (χ2n) is 5.37. The standard InChI is InChI=1S/C14H19N3O2S/c18-13(19-9-12-5-2-1-3-6-12)17-8-4-7-14(11-17)10-15-20-16-14/h1-3,5-6,15-16H,4,7-11H2. The molecule has 5 nitrogen and oxygen atoms in total. The van der Waals surface area contributed by atoms with E-state index in [1.165, 1.54) is 12.1 Å². The van der Waals surface area contributed by atoms with Crippen LogP contribution in [-0.2, 0) is 11.3 Å². The molecule has 1 aromatic carbocycles. The Bertz CT molecular complexity index is 463. The molecule has 1 aromatic rings. The van der Waals surface area contributed by atoms with Gasteiger partial charge in [0, 0.05) is 31.8 Å². The second-order valence-corrected chi connectivity index (χ2v) is 6.07. The molecule has 0 aliphatic carbocycles. The molecule has 0 bridgehead atoms. The fourth-order valence-electron chi connectivity index (χ4n) is 2.68. The van der Waals surface area contributed by atoms with Crippen LogP contribution in [0, 0.1) is 0 Å². The van der Waals surface area contributed by atoms with E-state index in [9.17, 15) is 4.79 Å². The lowest BCUT2D eigenvalue weighted by molar-refractivity contribution is 0.0730. The summed E-state index contributed by atoms with van der Waals surface area (Å²) in [7, 11) is 0. The third kappa shape index (κ3) is 3.08. The SMILES string of the molecule is O=C(OCc1ccccc1)N1CCCC2(CNSN2)C1. The zero-order chi connectivity index (χ0) is 13.8. The van der Waals surface area contributed by atoms with Crippen LogP contribution in [0.2, 0.25) is 0 Å². The molecular weight excluding hydrogens is 274 g/mol. The summed E-state index contributed by atoms with van der Waals surface area (Å²) in [5.74, 6) is 0. The van der Waals surface area contributed by atoms with Gasteiger partial charge in [-0.3, -0.25) is 0 Å². The number of piperidine rings is 1. The van der Waals surface area contributed by atoms with Crippen molar-refractivity contribution < 1.29 is 9.53 Å². The predicted octanol–water partition coefficient (Wildman–Crippen LogP) is 1.91. The Morgan fingerprint density at radius 3 is 3.00 bits per heavy atom. The third-order valence-corrected chi connectivity index (χ3v) is 4.61. The molecule has 6 heteroatoms. The highest BCUT2D eigenvalue weighted by molar-refractivity contribution is 7.95. The van der Waals surface area contributed by atoms with Gasteiger partial charge in [0.25, 0.3) is 0 Å². The molecule has 108 valence electrons. The Hall–Kier alpha value is -1.24. The van der Waals surface area contributed by atoms with E-state index in [0.717, 1.165) is 31.5 Å². The number of likely N-dealkylation sites (tertiary alicyclic amines) is 1. The molecular formula is C14H19N3O2S. The highest BCUT2D eigenvalue weighted by Crippen LogP contribution is 2.26. The van der Waals surface area contributed by atoms with Gasteiger partial charge in [-0.15, -0.1) is 0 Å². The van der Waals surface area contributed by atoms with E-state index in [1.807, 2.05) is 35.2 Å². The van der Waals surface area contributed by atoms with Crippen molar-refractivity contribution in [3.05, 3.63) is 35.9 Å². The van der Waals surface area contributed by atoms with Crippen LogP contribution < -0.4 is 9.44 Å². The van der Waals surface area contributed by atoms with Gasteiger partial charge in [0.1, 0.15) is 6.61 Å². The molecule has 20 heavy (non-hydrogen) atoms. The van der Waals surface area contributed by atoms with E-state index in [4.69, 9.17) is 4.74 Å². The summed E-state index contributed by atoms with van der Waals surface area (Å²) in [6.45, 7) is 2.71. The number of carbonyl (C=O) groups excluding carboxylic acids is 1. The largest absolute Gasteiger partial charge is 0.445 e. The zero-order valence-corrected chi connectivity index (χ0v) is 12.1. The molecule has 3 rings (SSSR count). The van der Waals surface area contributed by atoms with Gasteiger partial charge in [-0.05, 0) is 18.4 Å². The summed E-state index contributed by atoms with van der Waals surface area (Å²) in [4.78, 5) is 14.0. The van der Waals surface area contributed by atoms with Crippen LogP contribution in [0.5, 0.6) is 0 Å². The van der Waals surface area contributed by atoms with Crippen molar-refractivity contribution in [3.63, 3.8) is 0 Å². The van der Waals surface area contributed by atoms with E-state index >= 15 is 0 Å². The van der Waals surface area contributed by atoms with Crippen molar-refractivity contribution in [3.8, 4) is 0 Å². The lowest BCUT2D eigenvalue weighted by atomic mass is 9.90. The number of hydrogen-bond acceptors (Lipinski definition) is 5. The summed E-state index contributed by atoms with van der Waals surface area (Å²) in [5.41, 5.74) is 1.03. The minimum atomic E-state index is -0.216. The molecule has 2 aliphatic heterocycles. The Morgan fingerprint density at radius 2 is 2.25 bits per heavy atom. The molecule has 1 atom stereocenters. The number of ether oxygens (including phenoxy) is 1. The first kappa shape index (κ1) is 13.7. The fourth-order valence-corrected chi connectivity index (χ4v) is 3.56. The summed E-state index contributed by atoms with van der Waals surface area (Å²) in [6, 6.07) is 9.78. The van der Waals surface area contributed by atoms with Gasteiger partial charge < -0.3 is 9.64 Å². The average Bonchev–Trinajstić information content (AvgIpc) is 2.93. The van der Waals surface area contributed by atoms with Crippen LogP contribution in [-0.4, -0.2) is 36.2 Å². The zero-order valence-electron chi connectivity index (χ0n) is 11.3. The smallest absolute Gasteiger partial charge is 0.410 e. The number of nitrogens with one attached hydrogen (secondary N) is 2. The first-order chi connectivity index (χ1) is 9.77. The van der Waals surface area contributed by atoms with Gasteiger partial charge in [0.05, 0.1) is 5.54 Å². The van der Waals surface area contributed by atoms with Gasteiger partial charge in [-0.2, -0.15) is 0 Å². The van der Waals surface area contributed by atoms with Crippen LogP contribution >= 0.6 is 12.1 Å². The minimum Gasteiger partial charge on any atom is -0.445 e. The lowest BCUT2D eigenvalue weighted by Crippen LogP contribution is -2.56. The quantitative estimate of drug-likeness (QED) is 0.816. The Balaban J connectivity index is 1.54. The van der Waals surface area contributed by atoms with E-state index in [-0.39, 0.29) is 11.6 Å². The van der Waals surface area contributed by atoms with Gasteiger partial charge in [0.2, 0.25) is 0 Å². The maximum absolute atomic E-state index is 12.2. The summed E-state index contributed by atoms with van der Waals surface area (Å²) < 4.78 is 12.0. The summed E-state index contributed by atoms with van der Waals surface area (Å²) in [5, 5.41) is 0. The number of hydrogen-bond donors (Lipinski definition) is 2. The fraction of sp³-hybridized carbons (Fsp3) is 0.500. The van der Waals surface area contributed by atoms with Gasteiger partial charge >= 0.3 is 6.09 Å². The maximum atomic E-state index is 12.2. The van der Waals surface area contributed by atoms with E-state index in [0.29, 0.717) is 13.2 Å². The molecule has 2 aliphatic rings. The Morgan fingerprint density at radius 1 is 1.40 bits per heavy atom. The van der Waals surface area contributed by atoms with Crippen molar-refractivity contribution in [2.75, 3.05) is 19.6 Å². The maximum Gasteiger partial charge on any atom is 0.410 e. The lowest BCUT2D eigenvalue weighted by Gasteiger charge is -2.38. The third-order valence-electron chi connectivity index (χ3n) is 3.79. The molecule has 2 saturated heterocycles. The minimum absolute atomic E-state index is 0.00861. The van der Waals surface area contributed by atoms with Crippen LogP contribution in [0.15, 0.2) is 30.3 Å². The second kappa shape index (κ2) is 6.03. The predicted molar refractivity (Wildman–Crippen MR) is 78.9 cm³/mol. The van der Waals surface area contributed by atoms with E-state index in [1.54, 1.807) is 0 Å². The number of carbonyl (C=O) groups is 1. The van der Waals surface area contributed by atoms with Crippen molar-refractivity contribution in [2.24, 2.45) is 0 Å². The number of rotatable bonds is 2. The Labute approximate surface area is 123 Å². The number of nitrogens with zero attached hydrogens (tertiary/aromatic N) is 1. The molecule has 2 N–H and O–H groups in total. The highest BCUT2D eigenvalue weighted by Gasteiger charge is 2.40. The number of benzene rings is 1. The van der Waals surface area contributed by atoms with Crippen LogP contribution in [0.1, 0.15) is 18.4 Å².